The number of sulfonamides is 1. The smallest absolute Gasteiger partial charge is 0.206 e. The molecule has 0 saturated carbocycles. The highest BCUT2D eigenvalue weighted by atomic mass is 35.5. The van der Waals surface area contributed by atoms with Crippen LogP contribution in [0.1, 0.15) is 24.6 Å². The lowest BCUT2D eigenvalue weighted by atomic mass is 10.1. The molecule has 2 heterocycles. The first-order valence-corrected chi connectivity index (χ1v) is 9.02. The number of nitrogens with zero attached hydrogens (tertiary/aromatic N) is 1. The molecule has 1 fully saturated rings. The lowest BCUT2D eigenvalue weighted by Gasteiger charge is -2.15. The van der Waals surface area contributed by atoms with E-state index in [0.717, 1.165) is 24.1 Å². The van der Waals surface area contributed by atoms with Gasteiger partial charge in [0, 0.05) is 23.8 Å². The van der Waals surface area contributed by atoms with E-state index >= 15 is 0 Å². The molecule has 0 aliphatic carbocycles. The number of hydrogen-bond acceptors (Lipinski definition) is 3. The highest BCUT2D eigenvalue weighted by Gasteiger charge is 2.32. The van der Waals surface area contributed by atoms with Gasteiger partial charge in [0.15, 0.2) is 0 Å². The van der Waals surface area contributed by atoms with Gasteiger partial charge in [-0.05, 0) is 37.3 Å². The van der Waals surface area contributed by atoms with Crippen molar-refractivity contribution in [3.05, 3.63) is 17.0 Å². The van der Waals surface area contributed by atoms with E-state index in [9.17, 15) is 8.42 Å². The molecule has 18 heavy (non-hydrogen) atoms. The van der Waals surface area contributed by atoms with Crippen LogP contribution in [-0.4, -0.2) is 31.7 Å². The zero-order chi connectivity index (χ0) is 13.2. The summed E-state index contributed by atoms with van der Waals surface area (Å²) >= 11 is 7.10. The number of rotatable bonds is 5. The molecule has 0 aromatic carbocycles. The van der Waals surface area contributed by atoms with Crippen LogP contribution in [0.3, 0.4) is 0 Å². The fraction of sp³-hybridized carbons (Fsp3) is 0.667. The maximum atomic E-state index is 12.4. The average Bonchev–Trinajstić information content (AvgIpc) is 2.98. The summed E-state index contributed by atoms with van der Waals surface area (Å²) in [6, 6.07) is 3.64. The van der Waals surface area contributed by atoms with E-state index in [2.05, 4.69) is 0 Å². The largest absolute Gasteiger partial charge is 0.252 e. The van der Waals surface area contributed by atoms with Crippen molar-refractivity contribution in [2.45, 2.75) is 30.4 Å². The van der Waals surface area contributed by atoms with E-state index in [4.69, 9.17) is 11.6 Å². The Labute approximate surface area is 118 Å². The van der Waals surface area contributed by atoms with Gasteiger partial charge in [-0.1, -0.05) is 6.92 Å². The molecule has 1 saturated heterocycles. The van der Waals surface area contributed by atoms with Gasteiger partial charge in [0.1, 0.15) is 4.21 Å². The summed E-state index contributed by atoms with van der Waals surface area (Å²) in [6.07, 6.45) is 2.71. The van der Waals surface area contributed by atoms with E-state index in [1.165, 1.54) is 11.3 Å². The molecule has 0 bridgehead atoms. The fourth-order valence-electron chi connectivity index (χ4n) is 2.22. The van der Waals surface area contributed by atoms with Gasteiger partial charge in [0.05, 0.1) is 0 Å². The average molecular weight is 308 g/mol. The van der Waals surface area contributed by atoms with Crippen molar-refractivity contribution in [1.82, 2.24) is 4.31 Å². The van der Waals surface area contributed by atoms with Crippen LogP contribution in [0.15, 0.2) is 16.3 Å². The first-order valence-electron chi connectivity index (χ1n) is 6.22. The Hall–Kier alpha value is -0.100. The van der Waals surface area contributed by atoms with Gasteiger partial charge in [-0.25, -0.2) is 8.42 Å². The van der Waals surface area contributed by atoms with Crippen molar-refractivity contribution in [3.8, 4) is 0 Å². The normalized spacial score (nSPS) is 21.6. The van der Waals surface area contributed by atoms with Crippen molar-refractivity contribution in [3.63, 3.8) is 0 Å². The summed E-state index contributed by atoms with van der Waals surface area (Å²) < 4.78 is 26.9. The summed E-state index contributed by atoms with van der Waals surface area (Å²) in [6.45, 7) is 3.28. The Balaban J connectivity index is 2.12. The second-order valence-electron chi connectivity index (χ2n) is 4.57. The minimum atomic E-state index is -3.27. The van der Waals surface area contributed by atoms with Gasteiger partial charge in [-0.15, -0.1) is 22.9 Å². The molecule has 1 aromatic heterocycles. The fourth-order valence-corrected chi connectivity index (χ4v) is 5.51. The predicted octanol–water partition coefficient (Wildman–Crippen LogP) is 2.95. The third kappa shape index (κ3) is 2.90. The summed E-state index contributed by atoms with van der Waals surface area (Å²) in [4.78, 5) is 1.12. The summed E-state index contributed by atoms with van der Waals surface area (Å²) in [5.74, 6) is 1.03. The lowest BCUT2D eigenvalue weighted by molar-refractivity contribution is 0.455. The Kier molecular flexibility index (Phi) is 4.69. The minimum Gasteiger partial charge on any atom is -0.206 e. The highest BCUT2D eigenvalue weighted by molar-refractivity contribution is 7.91. The number of halogens is 1. The number of thiophene rings is 1. The van der Waals surface area contributed by atoms with Gasteiger partial charge in [0.25, 0.3) is 10.0 Å². The highest BCUT2D eigenvalue weighted by Crippen LogP contribution is 2.30. The summed E-state index contributed by atoms with van der Waals surface area (Å²) in [7, 11) is -3.27. The van der Waals surface area contributed by atoms with Crippen LogP contribution in [0.5, 0.6) is 0 Å². The Bertz CT molecular complexity index is 498. The number of aryl methyl sites for hydroxylation is 1. The molecule has 0 N–H and O–H groups in total. The summed E-state index contributed by atoms with van der Waals surface area (Å²) in [5.41, 5.74) is 0. The van der Waals surface area contributed by atoms with Gasteiger partial charge < -0.3 is 0 Å². The van der Waals surface area contributed by atoms with Gasteiger partial charge in [0.2, 0.25) is 0 Å². The SMILES string of the molecule is CCc1ccc(S(=O)(=O)N2CCC(CCCl)C2)s1. The molecule has 1 aliphatic heterocycles. The van der Waals surface area contributed by atoms with Gasteiger partial charge >= 0.3 is 0 Å². The number of alkyl halides is 1. The van der Waals surface area contributed by atoms with Crippen LogP contribution >= 0.6 is 22.9 Å². The zero-order valence-electron chi connectivity index (χ0n) is 10.4. The molecule has 3 nitrogen and oxygen atoms in total. The molecule has 1 aromatic rings. The lowest BCUT2D eigenvalue weighted by Crippen LogP contribution is -2.28. The molecule has 6 heteroatoms. The molecule has 1 atom stereocenters. The molecule has 0 amide bonds. The van der Waals surface area contributed by atoms with Crippen molar-refractivity contribution >= 4 is 33.0 Å². The Morgan fingerprint density at radius 1 is 1.50 bits per heavy atom. The maximum Gasteiger partial charge on any atom is 0.252 e. The van der Waals surface area contributed by atoms with Crippen molar-refractivity contribution in [2.24, 2.45) is 5.92 Å². The molecule has 102 valence electrons. The Morgan fingerprint density at radius 2 is 2.28 bits per heavy atom. The zero-order valence-corrected chi connectivity index (χ0v) is 12.8. The van der Waals surface area contributed by atoms with Crippen LogP contribution in [-0.2, 0) is 16.4 Å². The quantitative estimate of drug-likeness (QED) is 0.784. The second-order valence-corrected chi connectivity index (χ2v) is 8.28. The molecule has 2 rings (SSSR count). The maximum absolute atomic E-state index is 12.4. The van der Waals surface area contributed by atoms with E-state index in [0.29, 0.717) is 29.1 Å². The standard InChI is InChI=1S/C12H18ClNO2S2/c1-2-11-3-4-12(17-11)18(15,16)14-8-6-10(9-14)5-7-13/h3-4,10H,2,5-9H2,1H3. The van der Waals surface area contributed by atoms with Crippen molar-refractivity contribution < 1.29 is 8.42 Å². The van der Waals surface area contributed by atoms with Gasteiger partial charge in [-0.2, -0.15) is 4.31 Å². The van der Waals surface area contributed by atoms with Crippen LogP contribution < -0.4 is 0 Å². The molecule has 0 spiro atoms. The number of hydrogen-bond donors (Lipinski definition) is 0. The monoisotopic (exact) mass is 307 g/mol. The Morgan fingerprint density at radius 3 is 2.89 bits per heavy atom. The van der Waals surface area contributed by atoms with Crippen LogP contribution in [0.2, 0.25) is 0 Å². The van der Waals surface area contributed by atoms with Crippen molar-refractivity contribution in [2.75, 3.05) is 19.0 Å². The molecule has 0 radical (unpaired) electrons. The van der Waals surface area contributed by atoms with E-state index < -0.39 is 10.0 Å². The van der Waals surface area contributed by atoms with Crippen molar-refractivity contribution in [1.29, 1.82) is 0 Å². The second kappa shape index (κ2) is 5.90. The van der Waals surface area contributed by atoms with Crippen LogP contribution in [0.25, 0.3) is 0 Å². The van der Waals surface area contributed by atoms with E-state index in [-0.39, 0.29) is 0 Å². The molecule has 1 aliphatic rings. The van der Waals surface area contributed by atoms with Gasteiger partial charge in [-0.3, -0.25) is 0 Å². The third-order valence-corrected chi connectivity index (χ3v) is 7.13. The van der Waals surface area contributed by atoms with E-state index in [1.54, 1.807) is 10.4 Å². The van der Waals surface area contributed by atoms with Crippen LogP contribution in [0, 0.1) is 5.92 Å². The molecular formula is C12H18ClNO2S2. The molecular weight excluding hydrogens is 290 g/mol. The first-order chi connectivity index (χ1) is 8.57. The molecule has 1 unspecified atom stereocenters. The summed E-state index contributed by atoms with van der Waals surface area (Å²) in [5, 5.41) is 0. The van der Waals surface area contributed by atoms with Crippen LogP contribution in [0.4, 0.5) is 0 Å². The predicted molar refractivity (Wildman–Crippen MR) is 75.9 cm³/mol. The topological polar surface area (TPSA) is 37.4 Å². The third-order valence-electron chi connectivity index (χ3n) is 3.35. The minimum absolute atomic E-state index is 0.419. The van der Waals surface area contributed by atoms with E-state index in [1.807, 2.05) is 13.0 Å². The first kappa shape index (κ1) is 14.3.